The molecule has 96 valence electrons. The van der Waals surface area contributed by atoms with Gasteiger partial charge in [0.05, 0.1) is 13.2 Å². The Morgan fingerprint density at radius 2 is 2.17 bits per heavy atom. The number of aryl methyl sites for hydroxylation is 1. The fourth-order valence-electron chi connectivity index (χ4n) is 1.63. The molecule has 0 radical (unpaired) electrons. The molecule has 1 aromatic heterocycles. The van der Waals surface area contributed by atoms with E-state index in [-0.39, 0.29) is 0 Å². The van der Waals surface area contributed by atoms with Crippen LogP contribution in [0.3, 0.4) is 0 Å². The van der Waals surface area contributed by atoms with Crippen LogP contribution in [0.1, 0.15) is 11.5 Å². The zero-order valence-electron chi connectivity index (χ0n) is 10.6. The first kappa shape index (κ1) is 12.7. The van der Waals surface area contributed by atoms with Crippen molar-refractivity contribution in [2.75, 3.05) is 20.3 Å². The second-order valence-corrected chi connectivity index (χ2v) is 4.00. The molecule has 0 aliphatic rings. The number of aromatic nitrogens is 2. The third-order valence-electron chi connectivity index (χ3n) is 2.61. The quantitative estimate of drug-likeness (QED) is 0.788. The summed E-state index contributed by atoms with van der Waals surface area (Å²) in [5.74, 6) is 1.22. The van der Waals surface area contributed by atoms with Crippen molar-refractivity contribution in [3.05, 3.63) is 35.7 Å². The van der Waals surface area contributed by atoms with Crippen LogP contribution in [-0.2, 0) is 11.3 Å². The Morgan fingerprint density at radius 1 is 1.33 bits per heavy atom. The largest absolute Gasteiger partial charge is 0.383 e. The lowest BCUT2D eigenvalue weighted by Crippen LogP contribution is -2.18. The monoisotopic (exact) mass is 247 g/mol. The molecule has 0 fully saturated rings. The molecule has 0 atom stereocenters. The minimum atomic E-state index is 0.558. The van der Waals surface area contributed by atoms with Gasteiger partial charge in [-0.1, -0.05) is 29.4 Å². The molecule has 0 aliphatic carbocycles. The van der Waals surface area contributed by atoms with Crippen molar-refractivity contribution in [1.82, 2.24) is 15.5 Å². The van der Waals surface area contributed by atoms with E-state index in [1.165, 1.54) is 0 Å². The predicted molar refractivity (Wildman–Crippen MR) is 68.1 cm³/mol. The molecule has 2 rings (SSSR count). The van der Waals surface area contributed by atoms with Gasteiger partial charge in [0.1, 0.15) is 0 Å². The normalized spacial score (nSPS) is 10.8. The highest BCUT2D eigenvalue weighted by Gasteiger charge is 2.09. The molecular formula is C13H17N3O2. The Hall–Kier alpha value is -1.72. The maximum Gasteiger partial charge on any atom is 0.240 e. The van der Waals surface area contributed by atoms with Crippen LogP contribution in [0.2, 0.25) is 0 Å². The standard InChI is InChI=1S/C13H17N3O2/c1-10-5-3-4-6-11(10)13-15-12(18-16-13)9-14-7-8-17-2/h3-6,14H,7-9H2,1-2H3. The third-order valence-corrected chi connectivity index (χ3v) is 2.61. The van der Waals surface area contributed by atoms with E-state index in [4.69, 9.17) is 9.26 Å². The summed E-state index contributed by atoms with van der Waals surface area (Å²) >= 11 is 0. The second-order valence-electron chi connectivity index (χ2n) is 4.00. The van der Waals surface area contributed by atoms with Crippen LogP contribution in [0.25, 0.3) is 11.4 Å². The van der Waals surface area contributed by atoms with Crippen molar-refractivity contribution in [3.8, 4) is 11.4 Å². The Morgan fingerprint density at radius 3 is 2.94 bits per heavy atom. The molecule has 0 saturated heterocycles. The number of benzene rings is 1. The van der Waals surface area contributed by atoms with Gasteiger partial charge in [0.2, 0.25) is 11.7 Å². The summed E-state index contributed by atoms with van der Waals surface area (Å²) < 4.78 is 10.1. The molecule has 1 heterocycles. The van der Waals surface area contributed by atoms with Crippen molar-refractivity contribution >= 4 is 0 Å². The minimum Gasteiger partial charge on any atom is -0.383 e. The summed E-state index contributed by atoms with van der Waals surface area (Å²) in [6.45, 7) is 4.02. The SMILES string of the molecule is COCCNCc1nc(-c2ccccc2C)no1. The topological polar surface area (TPSA) is 60.2 Å². The lowest BCUT2D eigenvalue weighted by atomic mass is 10.1. The molecule has 0 bridgehead atoms. The van der Waals surface area contributed by atoms with Crippen LogP contribution in [0, 0.1) is 6.92 Å². The van der Waals surface area contributed by atoms with E-state index < -0.39 is 0 Å². The number of ether oxygens (including phenoxy) is 1. The summed E-state index contributed by atoms with van der Waals surface area (Å²) in [6.07, 6.45) is 0. The summed E-state index contributed by atoms with van der Waals surface area (Å²) in [7, 11) is 1.67. The summed E-state index contributed by atoms with van der Waals surface area (Å²) in [5, 5.41) is 7.15. The molecule has 5 heteroatoms. The highest BCUT2D eigenvalue weighted by atomic mass is 16.5. The van der Waals surface area contributed by atoms with Gasteiger partial charge in [0.15, 0.2) is 0 Å². The number of methoxy groups -OCH3 is 1. The maximum atomic E-state index is 5.19. The first-order valence-electron chi connectivity index (χ1n) is 5.89. The Bertz CT molecular complexity index is 496. The highest BCUT2D eigenvalue weighted by Crippen LogP contribution is 2.19. The summed E-state index contributed by atoms with van der Waals surface area (Å²) in [4.78, 5) is 4.36. The number of nitrogens with one attached hydrogen (secondary N) is 1. The van der Waals surface area contributed by atoms with Crippen LogP contribution in [0.5, 0.6) is 0 Å². The Labute approximate surface area is 106 Å². The Kier molecular flexibility index (Phi) is 4.44. The van der Waals surface area contributed by atoms with E-state index in [1.807, 2.05) is 31.2 Å². The smallest absolute Gasteiger partial charge is 0.240 e. The first-order valence-corrected chi connectivity index (χ1v) is 5.89. The van der Waals surface area contributed by atoms with Gasteiger partial charge < -0.3 is 14.6 Å². The van der Waals surface area contributed by atoms with Gasteiger partial charge >= 0.3 is 0 Å². The molecule has 1 aromatic carbocycles. The third kappa shape index (κ3) is 3.15. The van der Waals surface area contributed by atoms with Crippen LogP contribution >= 0.6 is 0 Å². The van der Waals surface area contributed by atoms with Crippen molar-refractivity contribution in [2.45, 2.75) is 13.5 Å². The lowest BCUT2D eigenvalue weighted by Gasteiger charge is -1.99. The molecular weight excluding hydrogens is 230 g/mol. The molecule has 0 amide bonds. The van der Waals surface area contributed by atoms with Crippen LogP contribution in [0.4, 0.5) is 0 Å². The molecule has 2 aromatic rings. The van der Waals surface area contributed by atoms with E-state index >= 15 is 0 Å². The van der Waals surface area contributed by atoms with Crippen molar-refractivity contribution in [1.29, 1.82) is 0 Å². The van der Waals surface area contributed by atoms with Gasteiger partial charge in [0, 0.05) is 19.2 Å². The lowest BCUT2D eigenvalue weighted by molar-refractivity contribution is 0.197. The second kappa shape index (κ2) is 6.28. The van der Waals surface area contributed by atoms with E-state index in [0.29, 0.717) is 24.9 Å². The number of hydrogen-bond acceptors (Lipinski definition) is 5. The molecule has 0 saturated carbocycles. The Balaban J connectivity index is 2.00. The zero-order chi connectivity index (χ0) is 12.8. The molecule has 0 spiro atoms. The van der Waals surface area contributed by atoms with Crippen LogP contribution in [0.15, 0.2) is 28.8 Å². The van der Waals surface area contributed by atoms with Crippen LogP contribution in [-0.4, -0.2) is 30.4 Å². The molecule has 1 N–H and O–H groups in total. The van der Waals surface area contributed by atoms with Gasteiger partial charge in [-0.3, -0.25) is 0 Å². The van der Waals surface area contributed by atoms with E-state index in [0.717, 1.165) is 17.7 Å². The average Bonchev–Trinajstić information content (AvgIpc) is 2.84. The van der Waals surface area contributed by atoms with E-state index in [1.54, 1.807) is 7.11 Å². The summed E-state index contributed by atoms with van der Waals surface area (Å²) in [6, 6.07) is 7.98. The number of nitrogens with zero attached hydrogens (tertiary/aromatic N) is 2. The highest BCUT2D eigenvalue weighted by molar-refractivity contribution is 5.58. The van der Waals surface area contributed by atoms with Gasteiger partial charge in [-0.15, -0.1) is 0 Å². The molecule has 5 nitrogen and oxygen atoms in total. The first-order chi connectivity index (χ1) is 8.81. The van der Waals surface area contributed by atoms with Crippen LogP contribution < -0.4 is 5.32 Å². The maximum absolute atomic E-state index is 5.19. The van der Waals surface area contributed by atoms with Crippen molar-refractivity contribution in [2.24, 2.45) is 0 Å². The van der Waals surface area contributed by atoms with E-state index in [2.05, 4.69) is 15.5 Å². The molecule has 0 aliphatic heterocycles. The van der Waals surface area contributed by atoms with Gasteiger partial charge in [-0.25, -0.2) is 0 Å². The number of hydrogen-bond donors (Lipinski definition) is 1. The summed E-state index contributed by atoms with van der Waals surface area (Å²) in [5.41, 5.74) is 2.14. The number of rotatable bonds is 6. The minimum absolute atomic E-state index is 0.558. The fourth-order valence-corrected chi connectivity index (χ4v) is 1.63. The molecule has 0 unspecified atom stereocenters. The van der Waals surface area contributed by atoms with Gasteiger partial charge in [-0.2, -0.15) is 4.98 Å². The van der Waals surface area contributed by atoms with Gasteiger partial charge in [-0.05, 0) is 12.5 Å². The van der Waals surface area contributed by atoms with Gasteiger partial charge in [0.25, 0.3) is 0 Å². The predicted octanol–water partition coefficient (Wildman–Crippen LogP) is 1.78. The fraction of sp³-hybridized carbons (Fsp3) is 0.385. The van der Waals surface area contributed by atoms with Crippen molar-refractivity contribution < 1.29 is 9.26 Å². The average molecular weight is 247 g/mol. The van der Waals surface area contributed by atoms with E-state index in [9.17, 15) is 0 Å². The zero-order valence-corrected chi connectivity index (χ0v) is 10.6. The molecule has 18 heavy (non-hydrogen) atoms. The van der Waals surface area contributed by atoms with Crippen molar-refractivity contribution in [3.63, 3.8) is 0 Å².